The van der Waals surface area contributed by atoms with Gasteiger partial charge >= 0.3 is 6.61 Å². The Balaban J connectivity index is 2.20. The van der Waals surface area contributed by atoms with Crippen LogP contribution < -0.4 is 14.8 Å². The minimum absolute atomic E-state index is 0.0506. The molecule has 0 unspecified atom stereocenters. The van der Waals surface area contributed by atoms with Crippen molar-refractivity contribution in [2.24, 2.45) is 0 Å². The molecule has 0 fully saturated rings. The molecular weight excluding hydrogens is 390 g/mol. The fourth-order valence-electron chi connectivity index (χ4n) is 2.09. The summed E-state index contributed by atoms with van der Waals surface area (Å²) in [6, 6.07) is 9.66. The summed E-state index contributed by atoms with van der Waals surface area (Å²) in [4.78, 5) is 12.2. The smallest absolute Gasteiger partial charge is 0.387 e. The van der Waals surface area contributed by atoms with E-state index in [0.29, 0.717) is 5.56 Å². The number of carbonyl (C=O) groups excluding carboxylic acids is 1. The second-order valence-corrected chi connectivity index (χ2v) is 7.31. The molecule has 0 aliphatic heterocycles. The highest BCUT2D eigenvalue weighted by molar-refractivity contribution is 7.89. The molecule has 2 N–H and O–H groups in total. The van der Waals surface area contributed by atoms with Gasteiger partial charge in [-0.05, 0) is 31.3 Å². The normalized spacial score (nSPS) is 11.4. The molecule has 0 bridgehead atoms. The number of ether oxygens (including phenoxy) is 1. The number of hydrogen-bond donors (Lipinski definition) is 2. The van der Waals surface area contributed by atoms with Crippen molar-refractivity contribution in [3.8, 4) is 5.75 Å². The highest BCUT2D eigenvalue weighted by Crippen LogP contribution is 2.22. The topological polar surface area (TPSA) is 84.5 Å². The van der Waals surface area contributed by atoms with Crippen LogP contribution in [0.4, 0.5) is 8.78 Å². The lowest BCUT2D eigenvalue weighted by molar-refractivity contribution is -0.0504. The summed E-state index contributed by atoms with van der Waals surface area (Å²) in [6.07, 6.45) is 0. The van der Waals surface area contributed by atoms with Crippen LogP contribution in [0.2, 0.25) is 5.02 Å². The third kappa shape index (κ3) is 4.90. The predicted molar refractivity (Wildman–Crippen MR) is 91.9 cm³/mol. The number of amides is 1. The monoisotopic (exact) mass is 404 g/mol. The SMILES string of the molecule is CNS(=O)(=O)c1ccc(Cl)c(C(=O)NCc2ccccc2OC(F)F)c1. The summed E-state index contributed by atoms with van der Waals surface area (Å²) in [5, 5.41) is 2.55. The van der Waals surface area contributed by atoms with Gasteiger partial charge in [-0.25, -0.2) is 13.1 Å². The molecule has 0 heterocycles. The first-order valence-electron chi connectivity index (χ1n) is 7.28. The minimum Gasteiger partial charge on any atom is -0.434 e. The van der Waals surface area contributed by atoms with Gasteiger partial charge in [-0.15, -0.1) is 0 Å². The highest BCUT2D eigenvalue weighted by atomic mass is 35.5. The Morgan fingerprint density at radius 2 is 1.92 bits per heavy atom. The second kappa shape index (κ2) is 8.43. The molecule has 0 spiro atoms. The Labute approximate surface area is 154 Å². The third-order valence-corrected chi connectivity index (χ3v) is 5.13. The average Bonchev–Trinajstić information content (AvgIpc) is 2.60. The van der Waals surface area contributed by atoms with Crippen LogP contribution in [0.5, 0.6) is 5.75 Å². The van der Waals surface area contributed by atoms with E-state index < -0.39 is 22.5 Å². The van der Waals surface area contributed by atoms with E-state index in [4.69, 9.17) is 11.6 Å². The first-order chi connectivity index (χ1) is 12.2. The molecule has 2 rings (SSSR count). The molecule has 1 amide bonds. The van der Waals surface area contributed by atoms with Crippen LogP contribution in [0.1, 0.15) is 15.9 Å². The van der Waals surface area contributed by atoms with Crippen molar-refractivity contribution in [1.29, 1.82) is 0 Å². The van der Waals surface area contributed by atoms with Crippen LogP contribution in [-0.2, 0) is 16.6 Å². The Hall–Kier alpha value is -2.23. The standard InChI is InChI=1S/C16H15ClF2N2O4S/c1-20-26(23,24)11-6-7-13(17)12(8-11)15(22)21-9-10-4-2-3-5-14(10)25-16(18)19/h2-8,16,20H,9H2,1H3,(H,21,22). The number of nitrogens with one attached hydrogen (secondary N) is 2. The number of para-hydroxylation sites is 1. The van der Waals surface area contributed by atoms with Crippen molar-refractivity contribution in [2.75, 3.05) is 7.05 Å². The molecule has 0 aromatic heterocycles. The zero-order valence-corrected chi connectivity index (χ0v) is 15.1. The maximum Gasteiger partial charge on any atom is 0.387 e. The lowest BCUT2D eigenvalue weighted by atomic mass is 10.1. The number of benzene rings is 2. The van der Waals surface area contributed by atoms with Crippen LogP contribution in [0.15, 0.2) is 47.4 Å². The van der Waals surface area contributed by atoms with Crippen molar-refractivity contribution in [3.05, 3.63) is 58.6 Å². The molecule has 10 heteroatoms. The molecule has 2 aromatic carbocycles. The number of carbonyl (C=O) groups is 1. The predicted octanol–water partition coefficient (Wildman–Crippen LogP) is 2.78. The van der Waals surface area contributed by atoms with Crippen LogP contribution in [0.25, 0.3) is 0 Å². The largest absolute Gasteiger partial charge is 0.434 e. The molecule has 0 saturated carbocycles. The van der Waals surface area contributed by atoms with Gasteiger partial charge in [0.05, 0.1) is 15.5 Å². The third-order valence-electron chi connectivity index (χ3n) is 3.39. The first-order valence-corrected chi connectivity index (χ1v) is 9.14. The van der Waals surface area contributed by atoms with Gasteiger partial charge in [-0.2, -0.15) is 8.78 Å². The van der Waals surface area contributed by atoms with E-state index in [0.717, 1.165) is 6.07 Å². The van der Waals surface area contributed by atoms with Gasteiger partial charge < -0.3 is 10.1 Å². The highest BCUT2D eigenvalue weighted by Gasteiger charge is 2.18. The number of alkyl halides is 2. The van der Waals surface area contributed by atoms with E-state index in [2.05, 4.69) is 14.8 Å². The fourth-order valence-corrected chi connectivity index (χ4v) is 3.05. The number of halogens is 3. The number of hydrogen-bond acceptors (Lipinski definition) is 4. The van der Waals surface area contributed by atoms with E-state index >= 15 is 0 Å². The second-order valence-electron chi connectivity index (χ2n) is 5.02. The van der Waals surface area contributed by atoms with Gasteiger partial charge in [0.1, 0.15) is 5.75 Å². The van der Waals surface area contributed by atoms with Gasteiger partial charge in [0, 0.05) is 12.1 Å². The lowest BCUT2D eigenvalue weighted by Crippen LogP contribution is -2.25. The number of sulfonamides is 1. The quantitative estimate of drug-likeness (QED) is 0.743. The summed E-state index contributed by atoms with van der Waals surface area (Å²) in [7, 11) is -2.51. The Kier molecular flexibility index (Phi) is 6.52. The molecular formula is C16H15ClF2N2O4S. The van der Waals surface area contributed by atoms with Crippen molar-refractivity contribution in [2.45, 2.75) is 18.1 Å². The number of rotatable bonds is 7. The van der Waals surface area contributed by atoms with Gasteiger partial charge in [-0.1, -0.05) is 29.8 Å². The molecule has 26 heavy (non-hydrogen) atoms. The maximum atomic E-state index is 12.4. The van der Waals surface area contributed by atoms with Crippen molar-refractivity contribution in [1.82, 2.24) is 10.0 Å². The molecule has 0 radical (unpaired) electrons. The van der Waals surface area contributed by atoms with Crippen LogP contribution in [0.3, 0.4) is 0 Å². The van der Waals surface area contributed by atoms with E-state index in [1.54, 1.807) is 6.07 Å². The molecule has 0 saturated heterocycles. The lowest BCUT2D eigenvalue weighted by Gasteiger charge is -2.12. The van der Waals surface area contributed by atoms with E-state index in [1.807, 2.05) is 0 Å². The molecule has 0 atom stereocenters. The zero-order valence-electron chi connectivity index (χ0n) is 13.5. The van der Waals surface area contributed by atoms with Crippen molar-refractivity contribution in [3.63, 3.8) is 0 Å². The molecule has 0 aliphatic rings. The Bertz CT molecular complexity index is 907. The van der Waals surface area contributed by atoms with Crippen LogP contribution in [-0.4, -0.2) is 28.0 Å². The van der Waals surface area contributed by atoms with Gasteiger partial charge in [-0.3, -0.25) is 4.79 Å². The van der Waals surface area contributed by atoms with Gasteiger partial charge in [0.2, 0.25) is 10.0 Å². The Morgan fingerprint density at radius 1 is 1.23 bits per heavy atom. The van der Waals surface area contributed by atoms with Crippen LogP contribution >= 0.6 is 11.6 Å². The summed E-state index contributed by atoms with van der Waals surface area (Å²) >= 11 is 5.97. The molecule has 2 aromatic rings. The van der Waals surface area contributed by atoms with E-state index in [9.17, 15) is 22.0 Å². The molecule has 0 aliphatic carbocycles. The van der Waals surface area contributed by atoms with Crippen LogP contribution in [0, 0.1) is 0 Å². The zero-order chi connectivity index (χ0) is 19.3. The van der Waals surface area contributed by atoms with E-state index in [1.165, 1.54) is 37.4 Å². The summed E-state index contributed by atoms with van der Waals surface area (Å²) in [5.41, 5.74) is 0.270. The molecule has 140 valence electrons. The van der Waals surface area contributed by atoms with Crippen molar-refractivity contribution < 1.29 is 26.7 Å². The first kappa shape index (κ1) is 20.1. The summed E-state index contributed by atoms with van der Waals surface area (Å²) in [5.74, 6) is -0.726. The van der Waals surface area contributed by atoms with Gasteiger partial charge in [0.15, 0.2) is 0 Å². The van der Waals surface area contributed by atoms with Crippen molar-refractivity contribution >= 4 is 27.5 Å². The molecule has 6 nitrogen and oxygen atoms in total. The van der Waals surface area contributed by atoms with Gasteiger partial charge in [0.25, 0.3) is 5.91 Å². The summed E-state index contributed by atoms with van der Waals surface area (Å²) in [6.45, 7) is -3.11. The maximum absolute atomic E-state index is 12.4. The minimum atomic E-state index is -3.75. The average molecular weight is 405 g/mol. The fraction of sp³-hybridized carbons (Fsp3) is 0.188. The summed E-state index contributed by atoms with van der Waals surface area (Å²) < 4.78 is 55.0. The Morgan fingerprint density at radius 3 is 2.58 bits per heavy atom. The van der Waals surface area contributed by atoms with E-state index in [-0.39, 0.29) is 27.8 Å².